The number of nitrogens with one attached hydrogen (secondary N) is 1. The van der Waals surface area contributed by atoms with Gasteiger partial charge in [-0.25, -0.2) is 4.39 Å². The molecule has 102 valence electrons. The third-order valence-corrected chi connectivity index (χ3v) is 4.84. The molecule has 1 aromatic carbocycles. The molecular formula is C14H10FNO3S. The summed E-state index contributed by atoms with van der Waals surface area (Å²) >= 11 is 0.834. The summed E-state index contributed by atoms with van der Waals surface area (Å²) in [6.07, 6.45) is 2.72. The van der Waals surface area contributed by atoms with Gasteiger partial charge in [-0.1, -0.05) is 17.8 Å². The molecule has 1 aromatic rings. The smallest absolute Gasteiger partial charge is 0.255 e. The molecule has 6 heteroatoms. The van der Waals surface area contributed by atoms with E-state index in [1.807, 2.05) is 0 Å². The van der Waals surface area contributed by atoms with E-state index >= 15 is 0 Å². The molecule has 2 amide bonds. The summed E-state index contributed by atoms with van der Waals surface area (Å²) < 4.78 is 11.7. The van der Waals surface area contributed by atoms with Crippen molar-refractivity contribution in [1.29, 1.82) is 0 Å². The first kappa shape index (κ1) is 13.1. The number of allylic oxidation sites excluding steroid dienone is 1. The molecule has 1 fully saturated rings. The van der Waals surface area contributed by atoms with Crippen LogP contribution in [0.15, 0.2) is 35.9 Å². The highest BCUT2D eigenvalue weighted by Crippen LogP contribution is 2.46. The van der Waals surface area contributed by atoms with Crippen molar-refractivity contribution in [1.82, 2.24) is 5.32 Å². The fourth-order valence-electron chi connectivity index (χ4n) is 2.46. The lowest BCUT2D eigenvalue weighted by Gasteiger charge is -2.20. The van der Waals surface area contributed by atoms with Crippen molar-refractivity contribution in [2.45, 2.75) is 17.6 Å². The Balaban J connectivity index is 1.89. The molecular weight excluding hydrogens is 281 g/mol. The monoisotopic (exact) mass is 291 g/mol. The van der Waals surface area contributed by atoms with Crippen LogP contribution < -0.4 is 5.32 Å². The minimum Gasteiger partial charge on any atom is -0.291 e. The molecule has 1 atom stereocenters. The molecule has 0 radical (unpaired) electrons. The lowest BCUT2D eigenvalue weighted by molar-refractivity contribution is -0.125. The number of fused-ring (bicyclic) bond motifs is 1. The molecule has 1 aliphatic carbocycles. The van der Waals surface area contributed by atoms with Gasteiger partial charge in [-0.05, 0) is 37.1 Å². The van der Waals surface area contributed by atoms with Gasteiger partial charge in [-0.2, -0.15) is 0 Å². The first-order chi connectivity index (χ1) is 9.53. The summed E-state index contributed by atoms with van der Waals surface area (Å²) in [5.41, 5.74) is 0.673. The Kier molecular flexibility index (Phi) is 2.97. The molecule has 2 aliphatic rings. The van der Waals surface area contributed by atoms with Gasteiger partial charge in [0.2, 0.25) is 11.0 Å². The van der Waals surface area contributed by atoms with Crippen LogP contribution in [-0.2, 0) is 9.59 Å². The number of hydrogen-bond donors (Lipinski definition) is 1. The second-order valence-corrected chi connectivity index (χ2v) is 5.93. The largest absolute Gasteiger partial charge is 0.291 e. The van der Waals surface area contributed by atoms with E-state index in [1.54, 1.807) is 6.08 Å². The number of halogens is 1. The van der Waals surface area contributed by atoms with Crippen molar-refractivity contribution in [2.24, 2.45) is 0 Å². The van der Waals surface area contributed by atoms with Gasteiger partial charge in [-0.3, -0.25) is 19.7 Å². The van der Waals surface area contributed by atoms with Crippen molar-refractivity contribution < 1.29 is 18.8 Å². The predicted molar refractivity (Wildman–Crippen MR) is 71.5 cm³/mol. The van der Waals surface area contributed by atoms with Crippen LogP contribution in [0.5, 0.6) is 0 Å². The van der Waals surface area contributed by atoms with Gasteiger partial charge in [0.25, 0.3) is 5.91 Å². The number of benzene rings is 1. The predicted octanol–water partition coefficient (Wildman–Crippen LogP) is 1.81. The highest BCUT2D eigenvalue weighted by molar-refractivity contribution is 8.16. The summed E-state index contributed by atoms with van der Waals surface area (Å²) in [5, 5.41) is 1.90. The molecule has 4 nitrogen and oxygen atoms in total. The first-order valence-electron chi connectivity index (χ1n) is 6.08. The molecule has 0 spiro atoms. The van der Waals surface area contributed by atoms with Crippen LogP contribution in [0.25, 0.3) is 0 Å². The van der Waals surface area contributed by atoms with Crippen LogP contribution in [0.1, 0.15) is 23.2 Å². The lowest BCUT2D eigenvalue weighted by atomic mass is 10.0. The van der Waals surface area contributed by atoms with E-state index in [9.17, 15) is 18.8 Å². The molecule has 0 aromatic heterocycles. The zero-order valence-electron chi connectivity index (χ0n) is 10.3. The highest BCUT2D eigenvalue weighted by Gasteiger charge is 2.55. The zero-order valence-corrected chi connectivity index (χ0v) is 11.1. The third-order valence-electron chi connectivity index (χ3n) is 3.47. The Hall–Kier alpha value is -1.95. The maximum Gasteiger partial charge on any atom is 0.255 e. The number of amides is 2. The topological polar surface area (TPSA) is 63.2 Å². The highest BCUT2D eigenvalue weighted by atomic mass is 32.2. The average molecular weight is 291 g/mol. The fourth-order valence-corrected chi connectivity index (χ4v) is 3.68. The summed E-state index contributed by atoms with van der Waals surface area (Å²) in [6, 6.07) is 5.12. The quantitative estimate of drug-likeness (QED) is 0.844. The van der Waals surface area contributed by atoms with E-state index < -0.39 is 22.4 Å². The lowest BCUT2D eigenvalue weighted by Crippen LogP contribution is -2.35. The van der Waals surface area contributed by atoms with Gasteiger partial charge in [-0.15, -0.1) is 0 Å². The normalized spacial score (nSPS) is 24.4. The van der Waals surface area contributed by atoms with Crippen LogP contribution in [-0.4, -0.2) is 21.7 Å². The number of hydrogen-bond acceptors (Lipinski definition) is 4. The van der Waals surface area contributed by atoms with Gasteiger partial charge < -0.3 is 0 Å². The second kappa shape index (κ2) is 4.56. The minimum absolute atomic E-state index is 0.309. The molecule has 1 heterocycles. The first-order valence-corrected chi connectivity index (χ1v) is 6.90. The van der Waals surface area contributed by atoms with E-state index in [0.29, 0.717) is 24.0 Å². The van der Waals surface area contributed by atoms with Crippen LogP contribution in [0, 0.1) is 5.82 Å². The number of carbonyl (C=O) groups is 3. The molecule has 1 unspecified atom stereocenters. The summed E-state index contributed by atoms with van der Waals surface area (Å²) in [5.74, 6) is -1.29. The molecule has 1 saturated heterocycles. The van der Waals surface area contributed by atoms with E-state index in [1.165, 1.54) is 24.3 Å². The number of rotatable bonds is 2. The minimum atomic E-state index is -1.11. The van der Waals surface area contributed by atoms with E-state index in [0.717, 1.165) is 11.8 Å². The maximum absolute atomic E-state index is 12.8. The van der Waals surface area contributed by atoms with Gasteiger partial charge >= 0.3 is 0 Å². The maximum atomic E-state index is 12.8. The molecule has 1 N–H and O–H groups in total. The third kappa shape index (κ3) is 1.87. The zero-order chi connectivity index (χ0) is 14.3. The Labute approximate surface area is 118 Å². The van der Waals surface area contributed by atoms with Crippen LogP contribution in [0.3, 0.4) is 0 Å². The standard InChI is InChI=1S/C14H10FNO3S/c15-9-5-3-8(4-6-9)12(18)20-14-7-1-2-10(14)11(17)16-13(14)19/h2-6H,1,7H2,(H,16,17,19). The number of carbonyl (C=O) groups excluding carboxylic acids is 3. The Morgan fingerprint density at radius 1 is 1.25 bits per heavy atom. The Bertz CT molecular complexity index is 653. The molecule has 0 bridgehead atoms. The number of thioether (sulfide) groups is 1. The van der Waals surface area contributed by atoms with Crippen LogP contribution in [0.4, 0.5) is 4.39 Å². The molecule has 20 heavy (non-hydrogen) atoms. The van der Waals surface area contributed by atoms with Gasteiger partial charge in [0.15, 0.2) is 0 Å². The van der Waals surface area contributed by atoms with E-state index in [2.05, 4.69) is 5.32 Å². The molecule has 0 saturated carbocycles. The fraction of sp³-hybridized carbons (Fsp3) is 0.214. The number of imide groups is 1. The van der Waals surface area contributed by atoms with E-state index in [-0.39, 0.29) is 5.12 Å². The van der Waals surface area contributed by atoms with Crippen LogP contribution >= 0.6 is 11.8 Å². The van der Waals surface area contributed by atoms with Crippen molar-refractivity contribution >= 4 is 28.7 Å². The van der Waals surface area contributed by atoms with E-state index in [4.69, 9.17) is 0 Å². The van der Waals surface area contributed by atoms with Crippen LogP contribution in [0.2, 0.25) is 0 Å². The van der Waals surface area contributed by atoms with Crippen molar-refractivity contribution in [3.8, 4) is 0 Å². The Morgan fingerprint density at radius 3 is 2.65 bits per heavy atom. The molecule has 3 rings (SSSR count). The second-order valence-electron chi connectivity index (χ2n) is 4.66. The summed E-state index contributed by atoms with van der Waals surface area (Å²) in [6.45, 7) is 0. The van der Waals surface area contributed by atoms with Gasteiger partial charge in [0, 0.05) is 11.1 Å². The van der Waals surface area contributed by atoms with Crippen molar-refractivity contribution in [2.75, 3.05) is 0 Å². The SMILES string of the molecule is O=C1NC(=O)C2(SC(=O)c3ccc(F)cc3)CCC=C12. The van der Waals surface area contributed by atoms with Crippen molar-refractivity contribution in [3.05, 3.63) is 47.3 Å². The van der Waals surface area contributed by atoms with Gasteiger partial charge in [0.05, 0.1) is 0 Å². The summed E-state index contributed by atoms with van der Waals surface area (Å²) in [7, 11) is 0. The summed E-state index contributed by atoms with van der Waals surface area (Å²) in [4.78, 5) is 35.9. The Morgan fingerprint density at radius 2 is 1.95 bits per heavy atom. The van der Waals surface area contributed by atoms with Crippen molar-refractivity contribution in [3.63, 3.8) is 0 Å². The average Bonchev–Trinajstić information content (AvgIpc) is 2.92. The molecule has 1 aliphatic heterocycles. The van der Waals surface area contributed by atoms with Gasteiger partial charge in [0.1, 0.15) is 10.6 Å².